The van der Waals surface area contributed by atoms with Crippen molar-refractivity contribution in [2.75, 3.05) is 17.7 Å². The molecule has 8 heteroatoms. The van der Waals surface area contributed by atoms with Crippen LogP contribution in [-0.2, 0) is 4.79 Å². The monoisotopic (exact) mass is 329 g/mol. The van der Waals surface area contributed by atoms with Crippen molar-refractivity contribution in [3.63, 3.8) is 0 Å². The van der Waals surface area contributed by atoms with E-state index in [1.807, 2.05) is 0 Å². The summed E-state index contributed by atoms with van der Waals surface area (Å²) in [5.74, 6) is -0.606. The highest BCUT2D eigenvalue weighted by molar-refractivity contribution is 6.05. The second kappa shape index (κ2) is 7.23. The number of nitrogens with one attached hydrogen (secondary N) is 2. The van der Waals surface area contributed by atoms with Crippen LogP contribution in [0.1, 0.15) is 17.3 Å². The molecule has 0 spiro atoms. The van der Waals surface area contributed by atoms with Gasteiger partial charge in [-0.2, -0.15) is 0 Å². The molecule has 8 nitrogen and oxygen atoms in total. The summed E-state index contributed by atoms with van der Waals surface area (Å²) in [6.07, 6.45) is 0. The van der Waals surface area contributed by atoms with Crippen molar-refractivity contribution in [2.45, 2.75) is 6.92 Å². The zero-order chi connectivity index (χ0) is 17.7. The first-order valence-corrected chi connectivity index (χ1v) is 6.92. The number of anilines is 2. The van der Waals surface area contributed by atoms with Crippen LogP contribution >= 0.6 is 0 Å². The summed E-state index contributed by atoms with van der Waals surface area (Å²) in [7, 11) is 1.33. The number of methoxy groups -OCH3 is 1. The maximum absolute atomic E-state index is 12.3. The van der Waals surface area contributed by atoms with E-state index >= 15 is 0 Å². The lowest BCUT2D eigenvalue weighted by atomic mass is 10.1. The normalized spacial score (nSPS) is 9.92. The van der Waals surface area contributed by atoms with Crippen molar-refractivity contribution in [1.82, 2.24) is 0 Å². The molecule has 0 bridgehead atoms. The van der Waals surface area contributed by atoms with E-state index in [1.54, 1.807) is 18.2 Å². The zero-order valence-corrected chi connectivity index (χ0v) is 13.0. The van der Waals surface area contributed by atoms with Gasteiger partial charge in [-0.15, -0.1) is 0 Å². The van der Waals surface area contributed by atoms with Crippen LogP contribution in [0.15, 0.2) is 42.5 Å². The molecule has 0 saturated carbocycles. The predicted octanol–water partition coefficient (Wildman–Crippen LogP) is 2.81. The summed E-state index contributed by atoms with van der Waals surface area (Å²) in [4.78, 5) is 33.7. The standard InChI is InChI=1S/C16H15N3O5/c1-10(20)17-12-5-3-4-11(8-12)16(21)18-13-6-7-15(24-2)14(9-13)19(22)23/h3-9H,1-2H3,(H,17,20)(H,18,21). The van der Waals surface area contributed by atoms with E-state index in [9.17, 15) is 19.7 Å². The van der Waals surface area contributed by atoms with Crippen LogP contribution in [0.25, 0.3) is 0 Å². The van der Waals surface area contributed by atoms with Crippen molar-refractivity contribution in [1.29, 1.82) is 0 Å². The molecule has 124 valence electrons. The Labute approximate surface area is 137 Å². The maximum Gasteiger partial charge on any atom is 0.312 e. The molecule has 0 fully saturated rings. The van der Waals surface area contributed by atoms with Crippen molar-refractivity contribution in [3.8, 4) is 5.75 Å². The van der Waals surface area contributed by atoms with E-state index in [1.165, 1.54) is 38.3 Å². The highest BCUT2D eigenvalue weighted by Gasteiger charge is 2.16. The predicted molar refractivity (Wildman–Crippen MR) is 88.3 cm³/mol. The Balaban J connectivity index is 2.22. The highest BCUT2D eigenvalue weighted by atomic mass is 16.6. The van der Waals surface area contributed by atoms with Gasteiger partial charge in [-0.25, -0.2) is 0 Å². The Morgan fingerprint density at radius 2 is 1.79 bits per heavy atom. The summed E-state index contributed by atoms with van der Waals surface area (Å²) in [6.45, 7) is 1.36. The van der Waals surface area contributed by atoms with E-state index in [2.05, 4.69) is 10.6 Å². The summed E-state index contributed by atoms with van der Waals surface area (Å²) in [5.41, 5.74) is 0.801. The van der Waals surface area contributed by atoms with Gasteiger partial charge >= 0.3 is 5.69 Å². The number of nitro benzene ring substituents is 1. The highest BCUT2D eigenvalue weighted by Crippen LogP contribution is 2.29. The van der Waals surface area contributed by atoms with Gasteiger partial charge in [-0.3, -0.25) is 19.7 Å². The SMILES string of the molecule is COc1ccc(NC(=O)c2cccc(NC(C)=O)c2)cc1[N+](=O)[O-]. The molecule has 0 unspecified atom stereocenters. The summed E-state index contributed by atoms with van der Waals surface area (Å²) in [6, 6.07) is 10.5. The van der Waals surface area contributed by atoms with E-state index in [0.717, 1.165) is 0 Å². The van der Waals surface area contributed by atoms with Crippen molar-refractivity contribution in [3.05, 3.63) is 58.1 Å². The number of hydrogen-bond donors (Lipinski definition) is 2. The topological polar surface area (TPSA) is 111 Å². The van der Waals surface area contributed by atoms with E-state index in [0.29, 0.717) is 11.3 Å². The minimum absolute atomic E-state index is 0.102. The van der Waals surface area contributed by atoms with Crippen LogP contribution in [0.2, 0.25) is 0 Å². The van der Waals surface area contributed by atoms with Gasteiger partial charge in [-0.1, -0.05) is 6.07 Å². The molecular formula is C16H15N3O5. The van der Waals surface area contributed by atoms with Crippen LogP contribution < -0.4 is 15.4 Å². The molecule has 0 radical (unpaired) electrons. The number of hydrogen-bond acceptors (Lipinski definition) is 5. The lowest BCUT2D eigenvalue weighted by Crippen LogP contribution is -2.13. The van der Waals surface area contributed by atoms with Crippen LogP contribution in [0.3, 0.4) is 0 Å². The maximum atomic E-state index is 12.3. The number of nitrogens with zero attached hydrogens (tertiary/aromatic N) is 1. The Bertz CT molecular complexity index is 804. The first-order valence-electron chi connectivity index (χ1n) is 6.92. The number of benzene rings is 2. The van der Waals surface area contributed by atoms with E-state index in [4.69, 9.17) is 4.74 Å². The van der Waals surface area contributed by atoms with Crippen molar-refractivity contribution >= 4 is 28.9 Å². The Morgan fingerprint density at radius 3 is 2.42 bits per heavy atom. The lowest BCUT2D eigenvalue weighted by Gasteiger charge is -2.08. The molecule has 0 heterocycles. The quantitative estimate of drug-likeness (QED) is 0.647. The molecule has 2 aromatic rings. The van der Waals surface area contributed by atoms with Gasteiger partial charge in [0, 0.05) is 29.9 Å². The number of nitro groups is 1. The fourth-order valence-corrected chi connectivity index (χ4v) is 2.06. The minimum Gasteiger partial charge on any atom is -0.490 e. The molecule has 24 heavy (non-hydrogen) atoms. The molecule has 2 amide bonds. The molecule has 2 aromatic carbocycles. The average Bonchev–Trinajstić information content (AvgIpc) is 2.54. The number of carbonyl (C=O) groups excluding carboxylic acids is 2. The smallest absolute Gasteiger partial charge is 0.312 e. The minimum atomic E-state index is -0.591. The van der Waals surface area contributed by atoms with Crippen molar-refractivity contribution in [2.24, 2.45) is 0 Å². The van der Waals surface area contributed by atoms with Gasteiger partial charge in [-0.05, 0) is 30.3 Å². The molecule has 0 aromatic heterocycles. The summed E-state index contributed by atoms with van der Waals surface area (Å²) < 4.78 is 4.91. The number of amides is 2. The molecule has 0 saturated heterocycles. The second-order valence-electron chi connectivity index (χ2n) is 4.86. The fourth-order valence-electron chi connectivity index (χ4n) is 2.06. The summed E-state index contributed by atoms with van der Waals surface area (Å²) >= 11 is 0. The Hall–Kier alpha value is -3.42. The number of carbonyl (C=O) groups is 2. The fraction of sp³-hybridized carbons (Fsp3) is 0.125. The Morgan fingerprint density at radius 1 is 1.08 bits per heavy atom. The first kappa shape index (κ1) is 16.9. The van der Waals surface area contributed by atoms with Crippen LogP contribution in [0, 0.1) is 10.1 Å². The van der Waals surface area contributed by atoms with E-state index < -0.39 is 10.8 Å². The molecular weight excluding hydrogens is 314 g/mol. The molecule has 2 N–H and O–H groups in total. The van der Waals surface area contributed by atoms with Gasteiger partial charge in [0.2, 0.25) is 5.91 Å². The van der Waals surface area contributed by atoms with Crippen LogP contribution in [-0.4, -0.2) is 23.8 Å². The second-order valence-corrected chi connectivity index (χ2v) is 4.86. The number of rotatable bonds is 5. The lowest BCUT2D eigenvalue weighted by molar-refractivity contribution is -0.385. The third-order valence-corrected chi connectivity index (χ3v) is 3.08. The van der Waals surface area contributed by atoms with Gasteiger partial charge in [0.05, 0.1) is 12.0 Å². The third kappa shape index (κ3) is 4.07. The molecule has 0 aliphatic heterocycles. The van der Waals surface area contributed by atoms with Crippen LogP contribution in [0.5, 0.6) is 5.75 Å². The molecule has 2 rings (SSSR count). The molecule has 0 aliphatic carbocycles. The van der Waals surface area contributed by atoms with Crippen LogP contribution in [0.4, 0.5) is 17.1 Å². The Kier molecular flexibility index (Phi) is 5.10. The van der Waals surface area contributed by atoms with Gasteiger partial charge in [0.15, 0.2) is 5.75 Å². The largest absolute Gasteiger partial charge is 0.490 e. The summed E-state index contributed by atoms with van der Waals surface area (Å²) in [5, 5.41) is 16.2. The third-order valence-electron chi connectivity index (χ3n) is 3.08. The van der Waals surface area contributed by atoms with E-state index in [-0.39, 0.29) is 23.0 Å². The van der Waals surface area contributed by atoms with Gasteiger partial charge in [0.1, 0.15) is 0 Å². The average molecular weight is 329 g/mol. The molecule has 0 aliphatic rings. The number of ether oxygens (including phenoxy) is 1. The first-order chi connectivity index (χ1) is 11.4. The van der Waals surface area contributed by atoms with Gasteiger partial charge < -0.3 is 15.4 Å². The van der Waals surface area contributed by atoms with Gasteiger partial charge in [0.25, 0.3) is 5.91 Å². The zero-order valence-electron chi connectivity index (χ0n) is 13.0. The van der Waals surface area contributed by atoms with Crippen molar-refractivity contribution < 1.29 is 19.2 Å². The molecule has 0 atom stereocenters.